The summed E-state index contributed by atoms with van der Waals surface area (Å²) in [5.74, 6) is 0. The van der Waals surface area contributed by atoms with E-state index in [-0.39, 0.29) is 0 Å². The van der Waals surface area contributed by atoms with E-state index in [2.05, 4.69) is 45.2 Å². The molecule has 2 aromatic heterocycles. The fraction of sp³-hybridized carbons (Fsp3) is 0.235. The third kappa shape index (κ3) is 3.12. The average molecular weight is 281 g/mol. The van der Waals surface area contributed by atoms with E-state index in [4.69, 9.17) is 4.74 Å². The molecule has 21 heavy (non-hydrogen) atoms. The second kappa shape index (κ2) is 6.52. The van der Waals surface area contributed by atoms with Gasteiger partial charge < -0.3 is 10.1 Å². The van der Waals surface area contributed by atoms with Crippen LogP contribution in [-0.2, 0) is 11.3 Å². The molecule has 0 radical (unpaired) electrons. The van der Waals surface area contributed by atoms with Gasteiger partial charge in [-0.1, -0.05) is 36.4 Å². The van der Waals surface area contributed by atoms with E-state index in [0.717, 1.165) is 31.0 Å². The van der Waals surface area contributed by atoms with Crippen LogP contribution in [0.25, 0.3) is 16.9 Å². The van der Waals surface area contributed by atoms with Crippen molar-refractivity contribution in [2.24, 2.45) is 0 Å². The number of aromatic nitrogens is 2. The lowest BCUT2D eigenvalue weighted by atomic mass is 10.2. The van der Waals surface area contributed by atoms with Gasteiger partial charge in [0, 0.05) is 32.0 Å². The zero-order valence-corrected chi connectivity index (χ0v) is 12.1. The Labute approximate surface area is 124 Å². The molecule has 0 aliphatic carbocycles. The van der Waals surface area contributed by atoms with Crippen LogP contribution in [0.5, 0.6) is 0 Å². The molecule has 0 fully saturated rings. The minimum Gasteiger partial charge on any atom is -0.383 e. The molecular weight excluding hydrogens is 262 g/mol. The number of nitrogens with one attached hydrogen (secondary N) is 1. The quantitative estimate of drug-likeness (QED) is 0.706. The van der Waals surface area contributed by atoms with Crippen molar-refractivity contribution in [3.8, 4) is 11.3 Å². The highest BCUT2D eigenvalue weighted by molar-refractivity contribution is 5.63. The molecule has 3 rings (SSSR count). The molecule has 0 amide bonds. The first kappa shape index (κ1) is 13.8. The van der Waals surface area contributed by atoms with Crippen LogP contribution in [0.4, 0.5) is 0 Å². The molecule has 4 heteroatoms. The highest BCUT2D eigenvalue weighted by Crippen LogP contribution is 2.20. The molecule has 1 N–H and O–H groups in total. The van der Waals surface area contributed by atoms with Crippen LogP contribution in [0, 0.1) is 0 Å². The molecule has 0 aliphatic heterocycles. The summed E-state index contributed by atoms with van der Waals surface area (Å²) in [6.07, 6.45) is 4.07. The van der Waals surface area contributed by atoms with E-state index in [9.17, 15) is 0 Å². The summed E-state index contributed by atoms with van der Waals surface area (Å²) in [5.41, 5.74) is 4.49. The van der Waals surface area contributed by atoms with Crippen LogP contribution < -0.4 is 5.32 Å². The van der Waals surface area contributed by atoms with Crippen molar-refractivity contribution in [1.82, 2.24) is 14.7 Å². The van der Waals surface area contributed by atoms with Gasteiger partial charge in [-0.3, -0.25) is 4.40 Å². The van der Waals surface area contributed by atoms with Gasteiger partial charge in [0.15, 0.2) is 0 Å². The maximum atomic E-state index is 5.04. The predicted octanol–water partition coefficient (Wildman–Crippen LogP) is 2.74. The van der Waals surface area contributed by atoms with Crippen molar-refractivity contribution in [2.75, 3.05) is 20.3 Å². The summed E-state index contributed by atoms with van der Waals surface area (Å²) in [7, 11) is 1.71. The summed E-state index contributed by atoms with van der Waals surface area (Å²) in [4.78, 5) is 4.47. The molecule has 3 aromatic rings. The van der Waals surface area contributed by atoms with Crippen molar-refractivity contribution < 1.29 is 4.74 Å². The van der Waals surface area contributed by atoms with Crippen molar-refractivity contribution in [3.63, 3.8) is 0 Å². The zero-order chi connectivity index (χ0) is 14.5. The molecule has 0 spiro atoms. The SMILES string of the molecule is COCCNCc1ccc2ncc(-c3ccccc3)n2c1. The van der Waals surface area contributed by atoms with E-state index in [1.165, 1.54) is 11.1 Å². The van der Waals surface area contributed by atoms with Crippen LogP contribution in [0.2, 0.25) is 0 Å². The van der Waals surface area contributed by atoms with Gasteiger partial charge in [-0.05, 0) is 11.6 Å². The second-order valence-electron chi connectivity index (χ2n) is 4.94. The van der Waals surface area contributed by atoms with Gasteiger partial charge in [0.2, 0.25) is 0 Å². The zero-order valence-electron chi connectivity index (χ0n) is 12.1. The lowest BCUT2D eigenvalue weighted by molar-refractivity contribution is 0.199. The third-order valence-electron chi connectivity index (χ3n) is 3.45. The maximum absolute atomic E-state index is 5.04. The van der Waals surface area contributed by atoms with Crippen LogP contribution in [0.1, 0.15) is 5.56 Å². The number of hydrogen-bond acceptors (Lipinski definition) is 3. The monoisotopic (exact) mass is 281 g/mol. The number of ether oxygens (including phenoxy) is 1. The predicted molar refractivity (Wildman–Crippen MR) is 84.2 cm³/mol. The summed E-state index contributed by atoms with van der Waals surface area (Å²) in [5, 5.41) is 3.36. The number of rotatable bonds is 6. The number of benzene rings is 1. The normalized spacial score (nSPS) is 11.1. The molecule has 0 saturated heterocycles. The number of nitrogens with zero attached hydrogens (tertiary/aromatic N) is 2. The summed E-state index contributed by atoms with van der Waals surface area (Å²) < 4.78 is 7.18. The number of pyridine rings is 1. The summed E-state index contributed by atoms with van der Waals surface area (Å²) >= 11 is 0. The van der Waals surface area contributed by atoms with E-state index in [1.807, 2.05) is 24.4 Å². The minimum absolute atomic E-state index is 0.725. The third-order valence-corrected chi connectivity index (χ3v) is 3.45. The Morgan fingerprint density at radius 2 is 2.00 bits per heavy atom. The molecule has 0 unspecified atom stereocenters. The second-order valence-corrected chi connectivity index (χ2v) is 4.94. The number of imidazole rings is 1. The largest absolute Gasteiger partial charge is 0.383 e. The van der Waals surface area contributed by atoms with Crippen LogP contribution in [0.15, 0.2) is 54.9 Å². The van der Waals surface area contributed by atoms with E-state index >= 15 is 0 Å². The first-order chi connectivity index (χ1) is 10.4. The highest BCUT2D eigenvalue weighted by atomic mass is 16.5. The fourth-order valence-electron chi connectivity index (χ4n) is 2.36. The van der Waals surface area contributed by atoms with Crippen molar-refractivity contribution in [1.29, 1.82) is 0 Å². The highest BCUT2D eigenvalue weighted by Gasteiger charge is 2.05. The van der Waals surface area contributed by atoms with E-state index in [1.54, 1.807) is 7.11 Å². The van der Waals surface area contributed by atoms with Crippen molar-refractivity contribution >= 4 is 5.65 Å². The maximum Gasteiger partial charge on any atom is 0.137 e. The van der Waals surface area contributed by atoms with Gasteiger partial charge in [0.1, 0.15) is 5.65 Å². The Bertz CT molecular complexity index is 706. The van der Waals surface area contributed by atoms with Gasteiger partial charge in [-0.15, -0.1) is 0 Å². The number of fused-ring (bicyclic) bond motifs is 1. The molecule has 108 valence electrons. The van der Waals surface area contributed by atoms with Crippen molar-refractivity contribution in [2.45, 2.75) is 6.54 Å². The first-order valence-corrected chi connectivity index (χ1v) is 7.09. The van der Waals surface area contributed by atoms with Crippen LogP contribution >= 0.6 is 0 Å². The van der Waals surface area contributed by atoms with Gasteiger partial charge in [-0.2, -0.15) is 0 Å². The molecule has 0 bridgehead atoms. The van der Waals surface area contributed by atoms with E-state index in [0.29, 0.717) is 0 Å². The Hall–Kier alpha value is -2.17. The summed E-state index contributed by atoms with van der Waals surface area (Å²) in [6, 6.07) is 14.5. The standard InChI is InChI=1S/C17H19N3O/c1-21-10-9-18-11-14-7-8-17-19-12-16(20(17)13-14)15-5-3-2-4-6-15/h2-8,12-13,18H,9-11H2,1H3. The molecule has 0 aliphatic rings. The Morgan fingerprint density at radius 1 is 1.14 bits per heavy atom. The molecule has 0 atom stereocenters. The van der Waals surface area contributed by atoms with Crippen LogP contribution in [0.3, 0.4) is 0 Å². The molecule has 4 nitrogen and oxygen atoms in total. The lowest BCUT2D eigenvalue weighted by Gasteiger charge is -2.07. The summed E-state index contributed by atoms with van der Waals surface area (Å²) in [6.45, 7) is 2.40. The molecule has 1 aromatic carbocycles. The van der Waals surface area contributed by atoms with Gasteiger partial charge in [0.25, 0.3) is 0 Å². The Balaban J connectivity index is 1.86. The average Bonchev–Trinajstić information content (AvgIpc) is 2.95. The Kier molecular flexibility index (Phi) is 4.28. The minimum atomic E-state index is 0.725. The number of methoxy groups -OCH3 is 1. The van der Waals surface area contributed by atoms with Gasteiger partial charge in [-0.25, -0.2) is 4.98 Å². The van der Waals surface area contributed by atoms with Crippen molar-refractivity contribution in [3.05, 3.63) is 60.4 Å². The van der Waals surface area contributed by atoms with Crippen LogP contribution in [-0.4, -0.2) is 29.6 Å². The lowest BCUT2D eigenvalue weighted by Crippen LogP contribution is -2.18. The molecular formula is C17H19N3O. The molecule has 0 saturated carbocycles. The van der Waals surface area contributed by atoms with E-state index < -0.39 is 0 Å². The first-order valence-electron chi connectivity index (χ1n) is 7.09. The smallest absolute Gasteiger partial charge is 0.137 e. The topological polar surface area (TPSA) is 38.6 Å². The fourth-order valence-corrected chi connectivity index (χ4v) is 2.36. The molecule has 2 heterocycles. The Morgan fingerprint density at radius 3 is 2.81 bits per heavy atom. The van der Waals surface area contributed by atoms with Gasteiger partial charge >= 0.3 is 0 Å². The number of hydrogen-bond donors (Lipinski definition) is 1. The van der Waals surface area contributed by atoms with Gasteiger partial charge in [0.05, 0.1) is 18.5 Å².